The van der Waals surface area contributed by atoms with Crippen LogP contribution in [-0.2, 0) is 13.0 Å². The van der Waals surface area contributed by atoms with Crippen molar-refractivity contribution in [3.8, 4) is 0 Å². The van der Waals surface area contributed by atoms with Gasteiger partial charge in [-0.3, -0.25) is 0 Å². The molecule has 0 unspecified atom stereocenters. The molecule has 1 N–H and O–H groups in total. The van der Waals surface area contributed by atoms with Crippen LogP contribution in [0.3, 0.4) is 0 Å². The predicted octanol–water partition coefficient (Wildman–Crippen LogP) is 3.19. The Kier molecular flexibility index (Phi) is 4.08. The van der Waals surface area contributed by atoms with Crippen LogP contribution < -0.4 is 10.2 Å². The number of nitrogens with one attached hydrogen (secondary N) is 1. The molecule has 106 valence electrons. The molecule has 19 heavy (non-hydrogen) atoms. The minimum atomic E-state index is 0.783. The van der Waals surface area contributed by atoms with Crippen LogP contribution in [0.4, 0.5) is 5.13 Å². The lowest BCUT2D eigenvalue weighted by Gasteiger charge is -2.29. The lowest BCUT2D eigenvalue weighted by atomic mass is 10.00. The molecule has 0 spiro atoms. The Balaban J connectivity index is 1.67. The van der Waals surface area contributed by atoms with Crippen molar-refractivity contribution in [2.75, 3.05) is 18.0 Å². The van der Waals surface area contributed by atoms with Crippen LogP contribution in [0.1, 0.15) is 50.1 Å². The molecule has 0 amide bonds. The Labute approximate surface area is 120 Å². The molecule has 1 aliphatic carbocycles. The summed E-state index contributed by atoms with van der Waals surface area (Å²) in [5, 5.41) is 4.88. The number of rotatable bonds is 5. The second kappa shape index (κ2) is 5.80. The van der Waals surface area contributed by atoms with Gasteiger partial charge in [-0.25, -0.2) is 4.98 Å². The molecule has 0 radical (unpaired) electrons. The molecule has 0 bridgehead atoms. The molecule has 1 aromatic rings. The fourth-order valence-electron chi connectivity index (χ4n) is 2.64. The highest BCUT2D eigenvalue weighted by Gasteiger charge is 2.23. The fourth-order valence-corrected chi connectivity index (χ4v) is 3.79. The largest absolute Gasteiger partial charge is 0.348 e. The Morgan fingerprint density at radius 3 is 2.63 bits per heavy atom. The lowest BCUT2D eigenvalue weighted by Crippen LogP contribution is -2.32. The molecular weight excluding hydrogens is 254 g/mol. The van der Waals surface area contributed by atoms with Gasteiger partial charge in [0.05, 0.1) is 5.69 Å². The van der Waals surface area contributed by atoms with Crippen LogP contribution in [0.25, 0.3) is 0 Å². The first-order valence-corrected chi connectivity index (χ1v) is 8.54. The van der Waals surface area contributed by atoms with Crippen molar-refractivity contribution in [3.63, 3.8) is 0 Å². The van der Waals surface area contributed by atoms with Gasteiger partial charge in [-0.2, -0.15) is 0 Å². The fraction of sp³-hybridized carbons (Fsp3) is 0.800. The summed E-state index contributed by atoms with van der Waals surface area (Å²) >= 11 is 1.91. The van der Waals surface area contributed by atoms with Crippen molar-refractivity contribution in [1.82, 2.24) is 10.3 Å². The molecule has 1 saturated carbocycles. The number of hydrogen-bond donors (Lipinski definition) is 1. The van der Waals surface area contributed by atoms with E-state index in [9.17, 15) is 0 Å². The number of aromatic nitrogens is 1. The Bertz CT molecular complexity index is 417. The summed E-state index contributed by atoms with van der Waals surface area (Å²) < 4.78 is 0. The average Bonchev–Trinajstić information content (AvgIpc) is 3.16. The second-order valence-electron chi connectivity index (χ2n) is 6.04. The van der Waals surface area contributed by atoms with Crippen LogP contribution in [0.5, 0.6) is 0 Å². The SMILES string of the molecule is CCc1nc(N2CCC(C)CC2)sc1CNC1CC1. The molecule has 1 aliphatic heterocycles. The van der Waals surface area contributed by atoms with Gasteiger partial charge in [0.25, 0.3) is 0 Å². The van der Waals surface area contributed by atoms with Crippen molar-refractivity contribution >= 4 is 16.5 Å². The van der Waals surface area contributed by atoms with Crippen LogP contribution in [0.15, 0.2) is 0 Å². The lowest BCUT2D eigenvalue weighted by molar-refractivity contribution is 0.438. The van der Waals surface area contributed by atoms with Gasteiger partial charge in [-0.1, -0.05) is 13.8 Å². The van der Waals surface area contributed by atoms with Crippen molar-refractivity contribution in [2.45, 2.75) is 58.5 Å². The molecule has 2 fully saturated rings. The van der Waals surface area contributed by atoms with Gasteiger partial charge in [0.1, 0.15) is 0 Å². The monoisotopic (exact) mass is 279 g/mol. The molecule has 0 atom stereocenters. The third kappa shape index (κ3) is 3.29. The quantitative estimate of drug-likeness (QED) is 0.897. The summed E-state index contributed by atoms with van der Waals surface area (Å²) in [5.41, 5.74) is 1.31. The minimum absolute atomic E-state index is 0.783. The number of aryl methyl sites for hydroxylation is 1. The van der Waals surface area contributed by atoms with Gasteiger partial charge >= 0.3 is 0 Å². The predicted molar refractivity (Wildman–Crippen MR) is 82.0 cm³/mol. The van der Waals surface area contributed by atoms with Crippen LogP contribution >= 0.6 is 11.3 Å². The third-order valence-corrected chi connectivity index (χ3v) is 5.44. The Morgan fingerprint density at radius 2 is 2.00 bits per heavy atom. The van der Waals surface area contributed by atoms with E-state index in [0.717, 1.165) is 24.9 Å². The highest BCUT2D eigenvalue weighted by molar-refractivity contribution is 7.15. The van der Waals surface area contributed by atoms with Gasteiger partial charge in [0, 0.05) is 30.6 Å². The van der Waals surface area contributed by atoms with Crippen molar-refractivity contribution < 1.29 is 0 Å². The molecule has 4 heteroatoms. The summed E-state index contributed by atoms with van der Waals surface area (Å²) in [4.78, 5) is 8.83. The topological polar surface area (TPSA) is 28.2 Å². The summed E-state index contributed by atoms with van der Waals surface area (Å²) in [6.45, 7) is 7.98. The molecule has 2 aliphatic rings. The zero-order valence-electron chi connectivity index (χ0n) is 12.1. The summed E-state index contributed by atoms with van der Waals surface area (Å²) in [6, 6.07) is 0.783. The highest BCUT2D eigenvalue weighted by atomic mass is 32.1. The van der Waals surface area contributed by atoms with E-state index < -0.39 is 0 Å². The van der Waals surface area contributed by atoms with Gasteiger partial charge in [0.15, 0.2) is 5.13 Å². The van der Waals surface area contributed by atoms with Crippen LogP contribution in [0, 0.1) is 5.92 Å². The van der Waals surface area contributed by atoms with Gasteiger partial charge in [-0.15, -0.1) is 11.3 Å². The number of hydrogen-bond acceptors (Lipinski definition) is 4. The summed E-state index contributed by atoms with van der Waals surface area (Å²) in [6.07, 6.45) is 6.41. The van der Waals surface area contributed by atoms with Crippen molar-refractivity contribution in [2.24, 2.45) is 5.92 Å². The zero-order valence-corrected chi connectivity index (χ0v) is 12.9. The molecule has 1 saturated heterocycles. The Hall–Kier alpha value is -0.610. The molecule has 1 aromatic heterocycles. The van der Waals surface area contributed by atoms with Gasteiger partial charge in [0.2, 0.25) is 0 Å². The summed E-state index contributed by atoms with van der Waals surface area (Å²) in [7, 11) is 0. The van der Waals surface area contributed by atoms with E-state index in [0.29, 0.717) is 0 Å². The molecular formula is C15H25N3S. The maximum absolute atomic E-state index is 4.88. The number of nitrogens with zero attached hydrogens (tertiary/aromatic N) is 2. The maximum Gasteiger partial charge on any atom is 0.185 e. The van der Waals surface area contributed by atoms with E-state index in [4.69, 9.17) is 4.98 Å². The zero-order chi connectivity index (χ0) is 13.2. The molecule has 3 rings (SSSR count). The minimum Gasteiger partial charge on any atom is -0.348 e. The standard InChI is InChI=1S/C15H25N3S/c1-3-13-14(10-16-12-4-5-12)19-15(17-13)18-8-6-11(2)7-9-18/h11-12,16H,3-10H2,1-2H3. The van der Waals surface area contributed by atoms with Crippen molar-refractivity contribution in [3.05, 3.63) is 10.6 Å². The second-order valence-corrected chi connectivity index (χ2v) is 7.11. The number of piperidine rings is 1. The van der Waals surface area contributed by atoms with Crippen molar-refractivity contribution in [1.29, 1.82) is 0 Å². The smallest absolute Gasteiger partial charge is 0.185 e. The normalized spacial score (nSPS) is 21.1. The van der Waals surface area contributed by atoms with Crippen LogP contribution in [-0.4, -0.2) is 24.1 Å². The van der Waals surface area contributed by atoms with E-state index in [1.165, 1.54) is 54.5 Å². The first kappa shape index (κ1) is 13.4. The number of anilines is 1. The molecule has 2 heterocycles. The molecule has 0 aromatic carbocycles. The number of thiazole rings is 1. The van der Waals surface area contributed by atoms with Gasteiger partial charge in [-0.05, 0) is 38.0 Å². The van der Waals surface area contributed by atoms with E-state index in [1.54, 1.807) is 0 Å². The van der Waals surface area contributed by atoms with E-state index >= 15 is 0 Å². The maximum atomic E-state index is 4.88. The first-order chi connectivity index (χ1) is 9.26. The average molecular weight is 279 g/mol. The van der Waals surface area contributed by atoms with Crippen LogP contribution in [0.2, 0.25) is 0 Å². The van der Waals surface area contributed by atoms with E-state index in [-0.39, 0.29) is 0 Å². The first-order valence-electron chi connectivity index (χ1n) is 7.73. The molecule has 3 nitrogen and oxygen atoms in total. The summed E-state index contributed by atoms with van der Waals surface area (Å²) in [5.74, 6) is 0.887. The van der Waals surface area contributed by atoms with E-state index in [2.05, 4.69) is 24.1 Å². The highest BCUT2D eigenvalue weighted by Crippen LogP contribution is 2.30. The van der Waals surface area contributed by atoms with Gasteiger partial charge < -0.3 is 10.2 Å². The van der Waals surface area contributed by atoms with E-state index in [1.807, 2.05) is 11.3 Å². The Morgan fingerprint density at radius 1 is 1.26 bits per heavy atom. The third-order valence-electron chi connectivity index (χ3n) is 4.28.